The second-order valence-corrected chi connectivity index (χ2v) is 7.01. The normalized spacial score (nSPS) is 27.4. The van der Waals surface area contributed by atoms with E-state index in [0.717, 1.165) is 18.4 Å². The van der Waals surface area contributed by atoms with Crippen molar-refractivity contribution in [2.24, 2.45) is 17.8 Å². The molecule has 0 bridgehead atoms. The predicted octanol–water partition coefficient (Wildman–Crippen LogP) is 1.55. The summed E-state index contributed by atoms with van der Waals surface area (Å²) in [7, 11) is 0. The average molecular weight is 264 g/mol. The molecule has 19 heavy (non-hydrogen) atoms. The highest BCUT2D eigenvalue weighted by Crippen LogP contribution is 2.49. The van der Waals surface area contributed by atoms with Crippen LogP contribution in [0.1, 0.15) is 46.0 Å². The fourth-order valence-corrected chi connectivity index (χ4v) is 3.36. The molecule has 0 atom stereocenters. The maximum atomic E-state index is 12.5. The average Bonchev–Trinajstić information content (AvgIpc) is 3.18. The van der Waals surface area contributed by atoms with Crippen LogP contribution in [0.5, 0.6) is 0 Å². The standard InChI is InChI=1S/C15H24N2O2/c1-15(2)14(19)17(8-7-13(18)16-15)9-12(10-3-4-10)11-5-6-11/h10-12H,3-9H2,1-2H3,(H,16,18). The zero-order valence-corrected chi connectivity index (χ0v) is 11.9. The summed E-state index contributed by atoms with van der Waals surface area (Å²) in [6.45, 7) is 5.08. The number of amides is 2. The van der Waals surface area contributed by atoms with E-state index in [1.54, 1.807) is 0 Å². The molecule has 0 aromatic rings. The van der Waals surface area contributed by atoms with Gasteiger partial charge in [-0.15, -0.1) is 0 Å². The Morgan fingerprint density at radius 3 is 2.32 bits per heavy atom. The van der Waals surface area contributed by atoms with E-state index in [0.29, 0.717) is 18.9 Å². The Kier molecular flexibility index (Phi) is 3.06. The summed E-state index contributed by atoms with van der Waals surface area (Å²) in [5.74, 6) is 2.46. The highest BCUT2D eigenvalue weighted by molar-refractivity contribution is 5.92. The second kappa shape index (κ2) is 4.50. The van der Waals surface area contributed by atoms with Crippen LogP contribution in [0.2, 0.25) is 0 Å². The molecule has 2 aliphatic carbocycles. The molecule has 106 valence electrons. The Balaban J connectivity index is 1.71. The van der Waals surface area contributed by atoms with Crippen LogP contribution in [0.15, 0.2) is 0 Å². The Morgan fingerprint density at radius 1 is 1.21 bits per heavy atom. The fraction of sp³-hybridized carbons (Fsp3) is 0.867. The van der Waals surface area contributed by atoms with Crippen molar-refractivity contribution in [3.05, 3.63) is 0 Å². The van der Waals surface area contributed by atoms with E-state index in [1.165, 1.54) is 25.7 Å². The van der Waals surface area contributed by atoms with E-state index in [2.05, 4.69) is 5.32 Å². The molecule has 1 saturated heterocycles. The summed E-state index contributed by atoms with van der Waals surface area (Å²) < 4.78 is 0. The Morgan fingerprint density at radius 2 is 1.79 bits per heavy atom. The number of carbonyl (C=O) groups excluding carboxylic acids is 2. The lowest BCUT2D eigenvalue weighted by Gasteiger charge is -2.31. The van der Waals surface area contributed by atoms with Gasteiger partial charge in [-0.1, -0.05) is 0 Å². The second-order valence-electron chi connectivity index (χ2n) is 7.01. The van der Waals surface area contributed by atoms with Gasteiger partial charge in [0.2, 0.25) is 11.8 Å². The third-order valence-electron chi connectivity index (χ3n) is 4.77. The van der Waals surface area contributed by atoms with Crippen molar-refractivity contribution >= 4 is 11.8 Å². The minimum atomic E-state index is -0.745. The van der Waals surface area contributed by atoms with Gasteiger partial charge in [0.25, 0.3) is 0 Å². The first-order valence-corrected chi connectivity index (χ1v) is 7.58. The lowest BCUT2D eigenvalue weighted by Crippen LogP contribution is -2.53. The van der Waals surface area contributed by atoms with Gasteiger partial charge in [-0.3, -0.25) is 9.59 Å². The van der Waals surface area contributed by atoms with Crippen LogP contribution in [0.4, 0.5) is 0 Å². The van der Waals surface area contributed by atoms with Crippen LogP contribution in [0, 0.1) is 17.8 Å². The molecule has 0 spiro atoms. The lowest BCUT2D eigenvalue weighted by molar-refractivity contribution is -0.138. The largest absolute Gasteiger partial charge is 0.342 e. The SMILES string of the molecule is CC1(C)NC(=O)CCN(CC(C2CC2)C2CC2)C1=O. The molecule has 3 rings (SSSR count). The van der Waals surface area contributed by atoms with Crippen LogP contribution < -0.4 is 5.32 Å². The van der Waals surface area contributed by atoms with Crippen LogP contribution >= 0.6 is 0 Å². The molecule has 4 heteroatoms. The first kappa shape index (κ1) is 12.9. The first-order valence-electron chi connectivity index (χ1n) is 7.58. The van der Waals surface area contributed by atoms with Crippen molar-refractivity contribution in [2.75, 3.05) is 13.1 Å². The van der Waals surface area contributed by atoms with Gasteiger partial charge >= 0.3 is 0 Å². The van der Waals surface area contributed by atoms with Gasteiger partial charge in [0.15, 0.2) is 0 Å². The molecule has 3 aliphatic rings. The van der Waals surface area contributed by atoms with Crippen molar-refractivity contribution in [3.8, 4) is 0 Å². The van der Waals surface area contributed by atoms with Gasteiger partial charge in [-0.05, 0) is 57.3 Å². The highest BCUT2D eigenvalue weighted by Gasteiger charge is 2.44. The maximum absolute atomic E-state index is 12.5. The zero-order chi connectivity index (χ0) is 13.6. The van der Waals surface area contributed by atoms with Gasteiger partial charge in [0.1, 0.15) is 5.54 Å². The molecule has 1 aliphatic heterocycles. The van der Waals surface area contributed by atoms with Gasteiger partial charge in [-0.25, -0.2) is 0 Å². The molecule has 0 radical (unpaired) electrons. The Labute approximate surface area is 114 Å². The molecular weight excluding hydrogens is 240 g/mol. The number of nitrogens with zero attached hydrogens (tertiary/aromatic N) is 1. The summed E-state index contributed by atoms with van der Waals surface area (Å²) in [6.07, 6.45) is 5.79. The number of carbonyl (C=O) groups is 2. The molecule has 4 nitrogen and oxygen atoms in total. The maximum Gasteiger partial charge on any atom is 0.247 e. The van der Waals surface area contributed by atoms with Crippen molar-refractivity contribution in [1.29, 1.82) is 0 Å². The number of nitrogens with one attached hydrogen (secondary N) is 1. The van der Waals surface area contributed by atoms with Gasteiger partial charge < -0.3 is 10.2 Å². The molecule has 1 N–H and O–H groups in total. The number of hydrogen-bond acceptors (Lipinski definition) is 2. The van der Waals surface area contributed by atoms with Crippen LogP contribution in [0.3, 0.4) is 0 Å². The third-order valence-corrected chi connectivity index (χ3v) is 4.77. The summed E-state index contributed by atoms with van der Waals surface area (Å²) in [5, 5.41) is 2.83. The molecule has 2 saturated carbocycles. The molecule has 0 aromatic carbocycles. The van der Waals surface area contributed by atoms with Crippen molar-refractivity contribution in [2.45, 2.75) is 51.5 Å². The van der Waals surface area contributed by atoms with E-state index < -0.39 is 5.54 Å². The predicted molar refractivity (Wildman–Crippen MR) is 72.4 cm³/mol. The smallest absolute Gasteiger partial charge is 0.247 e. The van der Waals surface area contributed by atoms with Gasteiger partial charge in [0.05, 0.1) is 0 Å². The van der Waals surface area contributed by atoms with Crippen molar-refractivity contribution in [1.82, 2.24) is 10.2 Å². The van der Waals surface area contributed by atoms with Gasteiger partial charge in [0, 0.05) is 19.5 Å². The summed E-state index contributed by atoms with van der Waals surface area (Å²) in [6, 6.07) is 0. The van der Waals surface area contributed by atoms with E-state index in [-0.39, 0.29) is 11.8 Å². The zero-order valence-electron chi connectivity index (χ0n) is 11.9. The third kappa shape index (κ3) is 2.77. The van der Waals surface area contributed by atoms with Crippen molar-refractivity contribution in [3.63, 3.8) is 0 Å². The minimum Gasteiger partial charge on any atom is -0.342 e. The highest BCUT2D eigenvalue weighted by atomic mass is 16.2. The van der Waals surface area contributed by atoms with E-state index >= 15 is 0 Å². The summed E-state index contributed by atoms with van der Waals surface area (Å²) in [5.41, 5.74) is -0.745. The lowest BCUT2D eigenvalue weighted by atomic mass is 9.96. The molecular formula is C15H24N2O2. The van der Waals surface area contributed by atoms with Gasteiger partial charge in [-0.2, -0.15) is 0 Å². The van der Waals surface area contributed by atoms with Crippen LogP contribution in [-0.2, 0) is 9.59 Å². The fourth-order valence-electron chi connectivity index (χ4n) is 3.36. The monoisotopic (exact) mass is 264 g/mol. The summed E-state index contributed by atoms with van der Waals surface area (Å²) >= 11 is 0. The van der Waals surface area contributed by atoms with E-state index in [9.17, 15) is 9.59 Å². The molecule has 0 unspecified atom stereocenters. The van der Waals surface area contributed by atoms with E-state index in [1.807, 2.05) is 18.7 Å². The Bertz CT molecular complexity index is 385. The van der Waals surface area contributed by atoms with E-state index in [4.69, 9.17) is 0 Å². The molecule has 1 heterocycles. The van der Waals surface area contributed by atoms with Crippen LogP contribution in [0.25, 0.3) is 0 Å². The minimum absolute atomic E-state index is 0.00440. The molecule has 2 amide bonds. The van der Waals surface area contributed by atoms with Crippen molar-refractivity contribution < 1.29 is 9.59 Å². The quantitative estimate of drug-likeness (QED) is 0.837. The molecule has 3 fully saturated rings. The molecule has 0 aromatic heterocycles. The number of hydrogen-bond donors (Lipinski definition) is 1. The summed E-state index contributed by atoms with van der Waals surface area (Å²) in [4.78, 5) is 26.2. The topological polar surface area (TPSA) is 49.4 Å². The number of rotatable bonds is 4. The van der Waals surface area contributed by atoms with Crippen LogP contribution in [-0.4, -0.2) is 35.3 Å². The Hall–Kier alpha value is -1.06. The first-order chi connectivity index (χ1) is 8.97.